The predicted octanol–water partition coefficient (Wildman–Crippen LogP) is -0.126. The molecular weight excluding hydrogens is 414 g/mol. The third-order valence-electron chi connectivity index (χ3n) is 5.47. The van der Waals surface area contributed by atoms with E-state index in [1.807, 2.05) is 12.1 Å². The second-order valence-electron chi connectivity index (χ2n) is 7.61. The van der Waals surface area contributed by atoms with E-state index in [-0.39, 0.29) is 24.9 Å². The summed E-state index contributed by atoms with van der Waals surface area (Å²) in [6.07, 6.45) is -2.77. The zero-order chi connectivity index (χ0) is 22.8. The van der Waals surface area contributed by atoms with Crippen LogP contribution in [0.5, 0.6) is 0 Å². The van der Waals surface area contributed by atoms with Gasteiger partial charge in [0.1, 0.15) is 5.84 Å². The van der Waals surface area contributed by atoms with Crippen molar-refractivity contribution in [1.82, 2.24) is 5.32 Å². The lowest BCUT2D eigenvalue weighted by Crippen LogP contribution is -2.55. The summed E-state index contributed by atoms with van der Waals surface area (Å²) < 4.78 is 5.44. The van der Waals surface area contributed by atoms with Crippen molar-refractivity contribution < 1.29 is 24.2 Å². The molecule has 1 saturated heterocycles. The molecule has 10 heteroatoms. The first-order valence-corrected chi connectivity index (χ1v) is 10.1. The van der Waals surface area contributed by atoms with E-state index in [0.29, 0.717) is 29.9 Å². The number of aliphatic hydroxyl groups excluding tert-OH is 1. The number of nitrogens with one attached hydrogen (secondary N) is 3. The monoisotopic (exact) mass is 437 g/mol. The minimum absolute atomic E-state index is 0.0437. The highest BCUT2D eigenvalue weighted by Crippen LogP contribution is 2.25. The number of carbonyl (C=O) groups excluding carboxylic acids is 3. The number of amidine groups is 1. The van der Waals surface area contributed by atoms with Gasteiger partial charge in [-0.15, -0.1) is 0 Å². The first-order valence-electron chi connectivity index (χ1n) is 10.1. The van der Waals surface area contributed by atoms with E-state index in [2.05, 4.69) is 10.6 Å². The first-order chi connectivity index (χ1) is 15.3. The van der Waals surface area contributed by atoms with Crippen molar-refractivity contribution >= 4 is 34.9 Å². The summed E-state index contributed by atoms with van der Waals surface area (Å²) in [5.74, 6) is -1.45. The number of rotatable bonds is 5. The molecule has 2 aromatic carbocycles. The van der Waals surface area contributed by atoms with Crippen molar-refractivity contribution in [1.29, 1.82) is 5.41 Å². The molecule has 1 unspecified atom stereocenters. The second kappa shape index (κ2) is 8.77. The summed E-state index contributed by atoms with van der Waals surface area (Å²) in [5, 5.41) is 23.2. The van der Waals surface area contributed by atoms with Gasteiger partial charge < -0.3 is 31.1 Å². The Bertz CT molecular complexity index is 1080. The van der Waals surface area contributed by atoms with Crippen molar-refractivity contribution in [3.05, 3.63) is 59.2 Å². The Labute approximate surface area is 183 Å². The molecule has 0 aliphatic carbocycles. The molecule has 32 heavy (non-hydrogen) atoms. The maximum Gasteiger partial charge on any atom is 0.259 e. The highest BCUT2D eigenvalue weighted by atomic mass is 16.5. The summed E-state index contributed by atoms with van der Waals surface area (Å²) in [7, 11) is 0. The molecule has 2 aliphatic heterocycles. The van der Waals surface area contributed by atoms with Crippen LogP contribution in [0.25, 0.3) is 0 Å². The van der Waals surface area contributed by atoms with Gasteiger partial charge in [0.05, 0.1) is 13.0 Å². The third kappa shape index (κ3) is 4.32. The molecule has 0 bridgehead atoms. The van der Waals surface area contributed by atoms with Gasteiger partial charge in [-0.2, -0.15) is 0 Å². The molecule has 6 N–H and O–H groups in total. The van der Waals surface area contributed by atoms with Crippen molar-refractivity contribution in [3.63, 3.8) is 0 Å². The molecule has 166 valence electrons. The number of aliphatic hydroxyl groups is 1. The van der Waals surface area contributed by atoms with Crippen LogP contribution < -0.4 is 21.3 Å². The normalized spacial score (nSPS) is 19.0. The van der Waals surface area contributed by atoms with Gasteiger partial charge in [0.15, 0.2) is 12.2 Å². The number of fused-ring (bicyclic) bond motifs is 1. The number of ether oxygens (including phenoxy) is 1. The zero-order valence-corrected chi connectivity index (χ0v) is 17.1. The molecule has 0 spiro atoms. The highest BCUT2D eigenvalue weighted by Gasteiger charge is 2.39. The minimum Gasteiger partial charge on any atom is -0.384 e. The number of benzene rings is 2. The average Bonchev–Trinajstić information content (AvgIpc) is 2.79. The minimum atomic E-state index is -1.71. The molecule has 2 aliphatic rings. The van der Waals surface area contributed by atoms with Crippen LogP contribution >= 0.6 is 0 Å². The molecule has 2 atom stereocenters. The van der Waals surface area contributed by atoms with Gasteiger partial charge in [-0.1, -0.05) is 6.07 Å². The molecule has 2 heterocycles. The van der Waals surface area contributed by atoms with E-state index in [4.69, 9.17) is 15.9 Å². The standard InChI is InChI=1S/C22H23N5O5/c23-20(24)12-1-4-15(5-2-12)26-21(30)18(29)19-22(31)27(7-8-32-19)16-6-3-13-10-17(28)25-11-14(13)9-16/h1-6,9,18-19,29H,7-8,10-11H2,(H3,23,24)(H,25,28)(H,26,30)/t18?,19-/m1/s1. The van der Waals surface area contributed by atoms with Crippen LogP contribution in [-0.4, -0.2) is 54.0 Å². The molecule has 2 aromatic rings. The fourth-order valence-corrected chi connectivity index (χ4v) is 3.72. The van der Waals surface area contributed by atoms with Crippen LogP contribution in [0, 0.1) is 5.41 Å². The fraction of sp³-hybridized carbons (Fsp3) is 0.273. The maximum absolute atomic E-state index is 13.0. The van der Waals surface area contributed by atoms with Gasteiger partial charge >= 0.3 is 0 Å². The van der Waals surface area contributed by atoms with Crippen LogP contribution in [0.1, 0.15) is 16.7 Å². The predicted molar refractivity (Wildman–Crippen MR) is 116 cm³/mol. The Morgan fingerprint density at radius 3 is 2.69 bits per heavy atom. The van der Waals surface area contributed by atoms with Gasteiger partial charge in [-0.05, 0) is 47.5 Å². The fourth-order valence-electron chi connectivity index (χ4n) is 3.72. The van der Waals surface area contributed by atoms with Gasteiger partial charge in [0, 0.05) is 30.0 Å². The van der Waals surface area contributed by atoms with E-state index < -0.39 is 24.0 Å². The summed E-state index contributed by atoms with van der Waals surface area (Å²) >= 11 is 0. The molecule has 4 rings (SSSR count). The second-order valence-corrected chi connectivity index (χ2v) is 7.61. The lowest BCUT2D eigenvalue weighted by Gasteiger charge is -2.34. The smallest absolute Gasteiger partial charge is 0.259 e. The average molecular weight is 437 g/mol. The van der Waals surface area contributed by atoms with Crippen LogP contribution in [-0.2, 0) is 32.1 Å². The SMILES string of the molecule is N=C(N)c1ccc(NC(=O)C(O)[C@H]2OCCN(c3ccc4c(c3)CNC(=O)C4)C2=O)cc1. The number of morpholine rings is 1. The zero-order valence-electron chi connectivity index (χ0n) is 17.1. The molecular formula is C22H23N5O5. The number of anilines is 2. The van der Waals surface area contributed by atoms with Gasteiger partial charge in [-0.3, -0.25) is 19.8 Å². The number of carbonyl (C=O) groups is 3. The van der Waals surface area contributed by atoms with E-state index >= 15 is 0 Å². The van der Waals surface area contributed by atoms with Crippen molar-refractivity contribution in [2.45, 2.75) is 25.2 Å². The molecule has 0 aromatic heterocycles. The quantitative estimate of drug-likeness (QED) is 0.324. The van der Waals surface area contributed by atoms with Crippen LogP contribution in [0.4, 0.5) is 11.4 Å². The molecule has 1 fully saturated rings. The molecule has 0 saturated carbocycles. The number of nitrogens with two attached hydrogens (primary N) is 1. The topological polar surface area (TPSA) is 158 Å². The summed E-state index contributed by atoms with van der Waals surface area (Å²) in [6, 6.07) is 11.6. The maximum atomic E-state index is 13.0. The van der Waals surface area contributed by atoms with Gasteiger partial charge in [0.25, 0.3) is 11.8 Å². The Morgan fingerprint density at radius 1 is 1.22 bits per heavy atom. The van der Waals surface area contributed by atoms with E-state index in [9.17, 15) is 19.5 Å². The van der Waals surface area contributed by atoms with E-state index in [0.717, 1.165) is 11.1 Å². The summed E-state index contributed by atoms with van der Waals surface area (Å²) in [5.41, 5.74) is 8.73. The number of hydrogen-bond acceptors (Lipinski definition) is 6. The number of amides is 3. The van der Waals surface area contributed by atoms with Gasteiger partial charge in [-0.25, -0.2) is 0 Å². The van der Waals surface area contributed by atoms with E-state index in [1.54, 1.807) is 30.3 Å². The van der Waals surface area contributed by atoms with Crippen molar-refractivity contribution in [3.8, 4) is 0 Å². The van der Waals surface area contributed by atoms with E-state index in [1.165, 1.54) is 4.90 Å². The van der Waals surface area contributed by atoms with Crippen LogP contribution in [0.3, 0.4) is 0 Å². The largest absolute Gasteiger partial charge is 0.384 e. The number of nitrogen functional groups attached to an aromatic ring is 1. The Morgan fingerprint density at radius 2 is 1.97 bits per heavy atom. The first kappa shape index (κ1) is 21.5. The van der Waals surface area contributed by atoms with Crippen molar-refractivity contribution in [2.75, 3.05) is 23.4 Å². The Balaban J connectivity index is 1.46. The molecule has 0 radical (unpaired) electrons. The summed E-state index contributed by atoms with van der Waals surface area (Å²) in [4.78, 5) is 38.6. The number of nitrogens with zero attached hydrogens (tertiary/aromatic N) is 1. The van der Waals surface area contributed by atoms with Crippen LogP contribution in [0.15, 0.2) is 42.5 Å². The van der Waals surface area contributed by atoms with Gasteiger partial charge in [0.2, 0.25) is 5.91 Å². The summed E-state index contributed by atoms with van der Waals surface area (Å²) in [6.45, 7) is 0.820. The lowest BCUT2D eigenvalue weighted by molar-refractivity contribution is -0.150. The number of hydrogen-bond donors (Lipinski definition) is 5. The Kier molecular flexibility index (Phi) is 5.89. The molecule has 10 nitrogen and oxygen atoms in total. The van der Waals surface area contributed by atoms with Crippen molar-refractivity contribution in [2.24, 2.45) is 5.73 Å². The lowest BCUT2D eigenvalue weighted by atomic mass is 9.99. The highest BCUT2D eigenvalue weighted by molar-refractivity contribution is 6.04. The third-order valence-corrected chi connectivity index (χ3v) is 5.47. The molecule has 3 amide bonds. The Hall–Kier alpha value is -3.76. The van der Waals surface area contributed by atoms with Crippen LogP contribution in [0.2, 0.25) is 0 Å².